The van der Waals surface area contributed by atoms with Crippen LogP contribution in [0.5, 0.6) is 5.75 Å². The molecule has 92 valence electrons. The number of hydrogen-bond donors (Lipinski definition) is 1. The average molecular weight is 254 g/mol. The highest BCUT2D eigenvalue weighted by Crippen LogP contribution is 2.18. The molecule has 0 heterocycles. The second-order valence-electron chi connectivity index (χ2n) is 3.52. The molecule has 3 nitrogen and oxygen atoms in total. The summed E-state index contributed by atoms with van der Waals surface area (Å²) in [6.07, 6.45) is 3.61. The van der Waals surface area contributed by atoms with E-state index in [1.165, 1.54) is 0 Å². The van der Waals surface area contributed by atoms with Gasteiger partial charge in [0.2, 0.25) is 0 Å². The number of amides is 1. The molecule has 0 aliphatic carbocycles. The molecule has 17 heavy (non-hydrogen) atoms. The summed E-state index contributed by atoms with van der Waals surface area (Å²) in [5, 5.41) is 2.76. The first kappa shape index (κ1) is 13.6. The summed E-state index contributed by atoms with van der Waals surface area (Å²) in [6, 6.07) is 5.37. The van der Waals surface area contributed by atoms with Crippen molar-refractivity contribution in [3.63, 3.8) is 0 Å². The van der Waals surface area contributed by atoms with Gasteiger partial charge in [-0.1, -0.05) is 18.2 Å². The van der Waals surface area contributed by atoms with E-state index in [-0.39, 0.29) is 5.91 Å². The Kier molecular flexibility index (Phi) is 5.57. The Morgan fingerprint density at radius 3 is 2.88 bits per heavy atom. The van der Waals surface area contributed by atoms with E-state index in [2.05, 4.69) is 5.32 Å². The number of alkyl halides is 1. The van der Waals surface area contributed by atoms with E-state index >= 15 is 0 Å². The summed E-state index contributed by atoms with van der Waals surface area (Å²) >= 11 is 5.47. The predicted octanol–water partition coefficient (Wildman–Crippen LogP) is 2.53. The number of allylic oxidation sites excluding steroid dienone is 1. The van der Waals surface area contributed by atoms with Gasteiger partial charge in [-0.3, -0.25) is 4.79 Å². The van der Waals surface area contributed by atoms with E-state index < -0.39 is 0 Å². The average Bonchev–Trinajstić information content (AvgIpc) is 2.35. The number of benzene rings is 1. The number of carbonyl (C=O) groups excluding carboxylic acids is 1. The fourth-order valence-electron chi connectivity index (χ4n) is 1.36. The van der Waals surface area contributed by atoms with Gasteiger partial charge in [-0.05, 0) is 24.6 Å². The normalized spacial score (nSPS) is 10.5. The molecule has 1 N–H and O–H groups in total. The Balaban J connectivity index is 2.66. The molecule has 1 aromatic rings. The Morgan fingerprint density at radius 1 is 1.47 bits per heavy atom. The Bertz CT molecular complexity index is 416. The maximum atomic E-state index is 11.8. The van der Waals surface area contributed by atoms with Crippen molar-refractivity contribution in [3.8, 4) is 5.75 Å². The fourth-order valence-corrected chi connectivity index (χ4v) is 1.49. The second-order valence-corrected chi connectivity index (χ2v) is 3.83. The zero-order valence-corrected chi connectivity index (χ0v) is 10.8. The van der Waals surface area contributed by atoms with Gasteiger partial charge >= 0.3 is 0 Å². The molecular weight excluding hydrogens is 238 g/mol. The number of nitrogens with one attached hydrogen (secondary N) is 1. The number of rotatable bonds is 5. The molecule has 1 aromatic carbocycles. The second kappa shape index (κ2) is 6.97. The Labute approximate surface area is 106 Å². The summed E-state index contributed by atoms with van der Waals surface area (Å²) in [5.41, 5.74) is 1.60. The van der Waals surface area contributed by atoms with Gasteiger partial charge in [-0.25, -0.2) is 0 Å². The summed E-state index contributed by atoms with van der Waals surface area (Å²) in [7, 11) is 1.59. The highest BCUT2D eigenvalue weighted by Gasteiger charge is 2.06. The van der Waals surface area contributed by atoms with E-state index in [1.807, 2.05) is 19.1 Å². The first-order valence-corrected chi connectivity index (χ1v) is 5.86. The minimum atomic E-state index is -0.123. The zero-order valence-electron chi connectivity index (χ0n) is 10.00. The number of carbonyl (C=O) groups is 1. The molecule has 0 aliphatic heterocycles. The van der Waals surface area contributed by atoms with Gasteiger partial charge in [-0.15, -0.1) is 11.6 Å². The molecule has 0 bridgehead atoms. The van der Waals surface area contributed by atoms with Crippen LogP contribution in [0.25, 0.3) is 0 Å². The molecule has 0 fully saturated rings. The third-order valence-electron chi connectivity index (χ3n) is 2.31. The Morgan fingerprint density at radius 2 is 2.24 bits per heavy atom. The van der Waals surface area contributed by atoms with E-state index in [1.54, 1.807) is 25.3 Å². The summed E-state index contributed by atoms with van der Waals surface area (Å²) in [5.74, 6) is 1.05. The number of aryl methyl sites for hydroxylation is 1. The van der Waals surface area contributed by atoms with Gasteiger partial charge in [0.25, 0.3) is 5.91 Å². The van der Waals surface area contributed by atoms with Crippen LogP contribution >= 0.6 is 11.6 Å². The summed E-state index contributed by atoms with van der Waals surface area (Å²) in [4.78, 5) is 11.8. The van der Waals surface area contributed by atoms with Crippen LogP contribution in [0.2, 0.25) is 0 Å². The SMILES string of the molecule is COc1cc(C(=O)NC/C=C/CCl)ccc1C. The zero-order chi connectivity index (χ0) is 12.7. The topological polar surface area (TPSA) is 38.3 Å². The van der Waals surface area contributed by atoms with Crippen LogP contribution in [0, 0.1) is 6.92 Å². The molecule has 1 amide bonds. The van der Waals surface area contributed by atoms with Crippen LogP contribution in [0.15, 0.2) is 30.4 Å². The molecule has 0 radical (unpaired) electrons. The summed E-state index contributed by atoms with van der Waals surface area (Å²) < 4.78 is 5.17. The number of halogens is 1. The predicted molar refractivity (Wildman–Crippen MR) is 69.9 cm³/mol. The van der Waals surface area contributed by atoms with Gasteiger partial charge in [-0.2, -0.15) is 0 Å². The third-order valence-corrected chi connectivity index (χ3v) is 2.48. The molecule has 4 heteroatoms. The lowest BCUT2D eigenvalue weighted by Gasteiger charge is -2.07. The van der Waals surface area contributed by atoms with Crippen LogP contribution in [-0.2, 0) is 0 Å². The van der Waals surface area contributed by atoms with Crippen LogP contribution in [0.3, 0.4) is 0 Å². The first-order valence-electron chi connectivity index (χ1n) is 5.33. The molecule has 0 aliphatic rings. The molecule has 0 saturated heterocycles. The molecule has 0 aromatic heterocycles. The highest BCUT2D eigenvalue weighted by molar-refractivity contribution is 6.18. The van der Waals surface area contributed by atoms with Gasteiger partial charge in [0, 0.05) is 18.0 Å². The largest absolute Gasteiger partial charge is 0.496 e. The molecule has 0 spiro atoms. The maximum Gasteiger partial charge on any atom is 0.251 e. The van der Waals surface area contributed by atoms with Crippen LogP contribution < -0.4 is 10.1 Å². The minimum absolute atomic E-state index is 0.123. The highest BCUT2D eigenvalue weighted by atomic mass is 35.5. The number of hydrogen-bond acceptors (Lipinski definition) is 2. The molecule has 0 saturated carbocycles. The van der Waals surface area contributed by atoms with Crippen molar-refractivity contribution < 1.29 is 9.53 Å². The van der Waals surface area contributed by atoms with E-state index in [4.69, 9.17) is 16.3 Å². The minimum Gasteiger partial charge on any atom is -0.496 e. The lowest BCUT2D eigenvalue weighted by molar-refractivity contribution is 0.0957. The lowest BCUT2D eigenvalue weighted by Crippen LogP contribution is -2.23. The quantitative estimate of drug-likeness (QED) is 0.647. The van der Waals surface area contributed by atoms with Gasteiger partial charge < -0.3 is 10.1 Å². The van der Waals surface area contributed by atoms with Crippen molar-refractivity contribution in [2.75, 3.05) is 19.5 Å². The van der Waals surface area contributed by atoms with E-state index in [0.29, 0.717) is 23.7 Å². The van der Waals surface area contributed by atoms with Gasteiger partial charge in [0.1, 0.15) is 5.75 Å². The van der Waals surface area contributed by atoms with Crippen molar-refractivity contribution in [2.24, 2.45) is 0 Å². The summed E-state index contributed by atoms with van der Waals surface area (Å²) in [6.45, 7) is 2.41. The van der Waals surface area contributed by atoms with E-state index in [9.17, 15) is 4.79 Å². The lowest BCUT2D eigenvalue weighted by atomic mass is 10.1. The van der Waals surface area contributed by atoms with Gasteiger partial charge in [0.15, 0.2) is 0 Å². The monoisotopic (exact) mass is 253 g/mol. The molecule has 1 rings (SSSR count). The van der Waals surface area contributed by atoms with E-state index in [0.717, 1.165) is 5.56 Å². The van der Waals surface area contributed by atoms with Crippen LogP contribution in [-0.4, -0.2) is 25.4 Å². The Hall–Kier alpha value is -1.48. The van der Waals surface area contributed by atoms with Crippen LogP contribution in [0.1, 0.15) is 15.9 Å². The van der Waals surface area contributed by atoms with Crippen molar-refractivity contribution in [3.05, 3.63) is 41.5 Å². The molecule has 0 atom stereocenters. The van der Waals surface area contributed by atoms with Crippen molar-refractivity contribution >= 4 is 17.5 Å². The molecule has 0 unspecified atom stereocenters. The van der Waals surface area contributed by atoms with Gasteiger partial charge in [0.05, 0.1) is 7.11 Å². The van der Waals surface area contributed by atoms with Crippen molar-refractivity contribution in [1.29, 1.82) is 0 Å². The number of methoxy groups -OCH3 is 1. The molecular formula is C13H16ClNO2. The fraction of sp³-hybridized carbons (Fsp3) is 0.308. The first-order chi connectivity index (χ1) is 8.19. The van der Waals surface area contributed by atoms with Crippen molar-refractivity contribution in [1.82, 2.24) is 5.32 Å². The third kappa shape index (κ3) is 4.11. The van der Waals surface area contributed by atoms with Crippen LogP contribution in [0.4, 0.5) is 0 Å². The number of ether oxygens (including phenoxy) is 1. The smallest absolute Gasteiger partial charge is 0.251 e. The van der Waals surface area contributed by atoms with Crippen molar-refractivity contribution in [2.45, 2.75) is 6.92 Å². The maximum absolute atomic E-state index is 11.8. The standard InChI is InChI=1S/C13H16ClNO2/c1-10-5-6-11(9-12(10)17-2)13(16)15-8-4-3-7-14/h3-6,9H,7-8H2,1-2H3,(H,15,16)/b4-3+.